The van der Waals surface area contributed by atoms with Crippen LogP contribution in [0.5, 0.6) is 17.4 Å². The second-order valence-electron chi connectivity index (χ2n) is 3.82. The van der Waals surface area contributed by atoms with Crippen LogP contribution in [0.1, 0.15) is 16.1 Å². The van der Waals surface area contributed by atoms with Gasteiger partial charge in [0.1, 0.15) is 11.5 Å². The second kappa shape index (κ2) is 4.91. The van der Waals surface area contributed by atoms with Gasteiger partial charge in [0.2, 0.25) is 5.88 Å². The van der Waals surface area contributed by atoms with Gasteiger partial charge in [0.05, 0.1) is 18.4 Å². The fourth-order valence-corrected chi connectivity index (χ4v) is 1.67. The van der Waals surface area contributed by atoms with Crippen LogP contribution in [-0.4, -0.2) is 23.2 Å². The maximum Gasteiger partial charge on any atom is 0.228 e. The van der Waals surface area contributed by atoms with Crippen LogP contribution in [0.15, 0.2) is 24.3 Å². The highest BCUT2D eigenvalue weighted by Crippen LogP contribution is 2.27. The standard InChI is InChI=1S/C13H14N2O3/c1-9-12(8-16)13(15(2)14-9)18-11-6-4-10(17-3)5-7-11/h4-8H,1-3H3. The summed E-state index contributed by atoms with van der Waals surface area (Å²) in [5.74, 6) is 1.81. The predicted molar refractivity (Wildman–Crippen MR) is 66.4 cm³/mol. The third kappa shape index (κ3) is 2.20. The van der Waals surface area contributed by atoms with Crippen molar-refractivity contribution >= 4 is 6.29 Å². The molecule has 0 saturated heterocycles. The summed E-state index contributed by atoms with van der Waals surface area (Å²) in [5.41, 5.74) is 1.12. The number of nitrogens with zero attached hydrogens (tertiary/aromatic N) is 2. The molecule has 0 aliphatic carbocycles. The van der Waals surface area contributed by atoms with Crippen molar-refractivity contribution in [2.75, 3.05) is 7.11 Å². The van der Waals surface area contributed by atoms with Crippen LogP contribution in [-0.2, 0) is 7.05 Å². The average Bonchev–Trinajstić information content (AvgIpc) is 2.64. The molecule has 0 aliphatic heterocycles. The topological polar surface area (TPSA) is 53.4 Å². The Hall–Kier alpha value is -2.30. The monoisotopic (exact) mass is 246 g/mol. The summed E-state index contributed by atoms with van der Waals surface area (Å²) in [6.45, 7) is 1.77. The van der Waals surface area contributed by atoms with Gasteiger partial charge in [0.15, 0.2) is 6.29 Å². The van der Waals surface area contributed by atoms with Gasteiger partial charge in [-0.25, -0.2) is 4.68 Å². The fraction of sp³-hybridized carbons (Fsp3) is 0.231. The highest BCUT2D eigenvalue weighted by atomic mass is 16.5. The lowest BCUT2D eigenvalue weighted by Gasteiger charge is -2.07. The first-order chi connectivity index (χ1) is 8.65. The Morgan fingerprint density at radius 1 is 1.22 bits per heavy atom. The van der Waals surface area contributed by atoms with E-state index in [0.29, 0.717) is 22.9 Å². The van der Waals surface area contributed by atoms with Crippen LogP contribution in [0, 0.1) is 6.92 Å². The predicted octanol–water partition coefficient (Wildman–Crippen LogP) is 2.34. The number of hydrogen-bond donors (Lipinski definition) is 0. The van der Waals surface area contributed by atoms with E-state index in [9.17, 15) is 4.79 Å². The van der Waals surface area contributed by atoms with E-state index < -0.39 is 0 Å². The Kier molecular flexibility index (Phi) is 3.32. The van der Waals surface area contributed by atoms with Gasteiger partial charge in [-0.3, -0.25) is 4.79 Å². The highest BCUT2D eigenvalue weighted by molar-refractivity contribution is 5.80. The Morgan fingerprint density at radius 3 is 2.39 bits per heavy atom. The summed E-state index contributed by atoms with van der Waals surface area (Å²) in [6.07, 6.45) is 0.751. The molecule has 2 rings (SSSR count). The molecule has 0 N–H and O–H groups in total. The smallest absolute Gasteiger partial charge is 0.228 e. The number of aryl methyl sites for hydroxylation is 2. The number of benzene rings is 1. The molecule has 0 amide bonds. The van der Waals surface area contributed by atoms with Crippen molar-refractivity contribution in [3.63, 3.8) is 0 Å². The van der Waals surface area contributed by atoms with E-state index in [-0.39, 0.29) is 0 Å². The summed E-state index contributed by atoms with van der Waals surface area (Å²) in [6, 6.07) is 7.13. The molecule has 1 heterocycles. The molecule has 0 atom stereocenters. The van der Waals surface area contributed by atoms with Gasteiger partial charge in [0.25, 0.3) is 0 Å². The molecular formula is C13H14N2O3. The maximum absolute atomic E-state index is 11.0. The normalized spacial score (nSPS) is 10.2. The lowest BCUT2D eigenvalue weighted by molar-refractivity contribution is 0.112. The molecule has 1 aromatic carbocycles. The molecule has 0 fully saturated rings. The Balaban J connectivity index is 2.30. The van der Waals surface area contributed by atoms with Gasteiger partial charge in [0, 0.05) is 7.05 Å². The Bertz CT molecular complexity index is 558. The van der Waals surface area contributed by atoms with Gasteiger partial charge in [-0.1, -0.05) is 0 Å². The van der Waals surface area contributed by atoms with Crippen LogP contribution in [0.25, 0.3) is 0 Å². The van der Waals surface area contributed by atoms with Crippen molar-refractivity contribution in [2.24, 2.45) is 7.05 Å². The van der Waals surface area contributed by atoms with E-state index in [4.69, 9.17) is 9.47 Å². The lowest BCUT2D eigenvalue weighted by atomic mass is 10.3. The van der Waals surface area contributed by atoms with Gasteiger partial charge in [-0.2, -0.15) is 5.10 Å². The average molecular weight is 246 g/mol. The molecule has 5 heteroatoms. The van der Waals surface area contributed by atoms with Crippen LogP contribution in [0.2, 0.25) is 0 Å². The Labute approximate surface area is 105 Å². The van der Waals surface area contributed by atoms with E-state index in [2.05, 4.69) is 5.10 Å². The van der Waals surface area contributed by atoms with Crippen LogP contribution < -0.4 is 9.47 Å². The van der Waals surface area contributed by atoms with Gasteiger partial charge >= 0.3 is 0 Å². The summed E-state index contributed by atoms with van der Waals surface area (Å²) in [4.78, 5) is 11.0. The number of aromatic nitrogens is 2. The molecule has 94 valence electrons. The maximum atomic E-state index is 11.0. The highest BCUT2D eigenvalue weighted by Gasteiger charge is 2.14. The number of ether oxygens (including phenoxy) is 2. The van der Waals surface area contributed by atoms with Crippen LogP contribution >= 0.6 is 0 Å². The summed E-state index contributed by atoms with van der Waals surface area (Å²) in [7, 11) is 3.34. The van der Waals surface area contributed by atoms with Crippen molar-refractivity contribution in [3.05, 3.63) is 35.5 Å². The number of hydrogen-bond acceptors (Lipinski definition) is 4. The number of aldehydes is 1. The van der Waals surface area contributed by atoms with E-state index in [1.165, 1.54) is 0 Å². The molecule has 1 aromatic heterocycles. The third-order valence-electron chi connectivity index (χ3n) is 2.61. The van der Waals surface area contributed by atoms with Crippen molar-refractivity contribution < 1.29 is 14.3 Å². The zero-order valence-corrected chi connectivity index (χ0v) is 10.5. The molecule has 5 nitrogen and oxygen atoms in total. The number of rotatable bonds is 4. The summed E-state index contributed by atoms with van der Waals surface area (Å²) < 4.78 is 12.3. The van der Waals surface area contributed by atoms with Crippen molar-refractivity contribution in [3.8, 4) is 17.4 Å². The summed E-state index contributed by atoms with van der Waals surface area (Å²) >= 11 is 0. The number of carbonyl (C=O) groups excluding carboxylic acids is 1. The zero-order valence-electron chi connectivity index (χ0n) is 10.5. The van der Waals surface area contributed by atoms with Crippen molar-refractivity contribution in [1.29, 1.82) is 0 Å². The van der Waals surface area contributed by atoms with Gasteiger partial charge < -0.3 is 9.47 Å². The molecular weight excluding hydrogens is 232 g/mol. The van der Waals surface area contributed by atoms with Gasteiger partial charge in [-0.15, -0.1) is 0 Å². The Morgan fingerprint density at radius 2 is 1.83 bits per heavy atom. The van der Waals surface area contributed by atoms with E-state index >= 15 is 0 Å². The van der Waals surface area contributed by atoms with E-state index in [0.717, 1.165) is 12.0 Å². The van der Waals surface area contributed by atoms with Crippen molar-refractivity contribution in [2.45, 2.75) is 6.92 Å². The fourth-order valence-electron chi connectivity index (χ4n) is 1.67. The van der Waals surface area contributed by atoms with E-state index in [1.54, 1.807) is 50.0 Å². The van der Waals surface area contributed by atoms with Crippen molar-refractivity contribution in [1.82, 2.24) is 9.78 Å². The quantitative estimate of drug-likeness (QED) is 0.777. The summed E-state index contributed by atoms with van der Waals surface area (Å²) in [5, 5.41) is 4.15. The molecule has 0 radical (unpaired) electrons. The third-order valence-corrected chi connectivity index (χ3v) is 2.61. The number of carbonyl (C=O) groups is 1. The zero-order chi connectivity index (χ0) is 13.1. The molecule has 18 heavy (non-hydrogen) atoms. The second-order valence-corrected chi connectivity index (χ2v) is 3.82. The van der Waals surface area contributed by atoms with Crippen LogP contribution in [0.3, 0.4) is 0 Å². The molecule has 2 aromatic rings. The van der Waals surface area contributed by atoms with Gasteiger partial charge in [-0.05, 0) is 31.2 Å². The first-order valence-corrected chi connectivity index (χ1v) is 5.46. The van der Waals surface area contributed by atoms with Crippen LogP contribution in [0.4, 0.5) is 0 Å². The minimum atomic E-state index is 0.438. The molecule has 0 unspecified atom stereocenters. The lowest BCUT2D eigenvalue weighted by Crippen LogP contribution is -1.96. The molecule has 0 saturated carbocycles. The first kappa shape index (κ1) is 12.2. The number of methoxy groups -OCH3 is 1. The largest absolute Gasteiger partial charge is 0.497 e. The molecule has 0 bridgehead atoms. The molecule has 0 spiro atoms. The molecule has 0 aliphatic rings. The SMILES string of the molecule is COc1ccc(Oc2c(C=O)c(C)nn2C)cc1. The first-order valence-electron chi connectivity index (χ1n) is 5.46. The minimum absolute atomic E-state index is 0.438. The van der Waals surface area contributed by atoms with E-state index in [1.807, 2.05) is 0 Å². The minimum Gasteiger partial charge on any atom is -0.497 e.